The van der Waals surface area contributed by atoms with E-state index in [2.05, 4.69) is 6.08 Å². The fourth-order valence-corrected chi connectivity index (χ4v) is 3.49. The molecule has 0 aromatic heterocycles. The molecular weight excluding hydrogens is 174 g/mol. The summed E-state index contributed by atoms with van der Waals surface area (Å²) in [6.07, 6.45) is 7.01. The Morgan fingerprint density at radius 1 is 1.25 bits per heavy atom. The second kappa shape index (κ2) is 2.57. The van der Waals surface area contributed by atoms with Crippen molar-refractivity contribution in [3.05, 3.63) is 12.2 Å². The van der Waals surface area contributed by atoms with Gasteiger partial charge in [0, 0.05) is 0 Å². The van der Waals surface area contributed by atoms with Gasteiger partial charge in [0.05, 0.1) is 5.25 Å². The summed E-state index contributed by atoms with van der Waals surface area (Å²) in [5, 5.41) is 4.83. The van der Waals surface area contributed by atoms with Crippen LogP contribution in [0, 0.1) is 11.8 Å². The first-order valence-electron chi connectivity index (χ1n) is 4.27. The third-order valence-electron chi connectivity index (χ3n) is 2.94. The van der Waals surface area contributed by atoms with Crippen molar-refractivity contribution in [3.63, 3.8) is 0 Å². The Bertz CT molecular complexity index is 307. The first-order valence-corrected chi connectivity index (χ1v) is 5.88. The zero-order valence-corrected chi connectivity index (χ0v) is 7.63. The molecule has 0 aromatic carbocycles. The van der Waals surface area contributed by atoms with Crippen LogP contribution in [0.15, 0.2) is 12.2 Å². The largest absolute Gasteiger partial charge is 0.228 e. The Morgan fingerprint density at radius 2 is 2.00 bits per heavy atom. The van der Waals surface area contributed by atoms with E-state index in [1.165, 1.54) is 0 Å². The maximum Gasteiger partial charge on any atom is 0.212 e. The molecule has 3 rings (SSSR count). The van der Waals surface area contributed by atoms with Gasteiger partial charge in [-0.05, 0) is 31.1 Å². The lowest BCUT2D eigenvalue weighted by Gasteiger charge is -2.36. The Kier molecular flexibility index (Phi) is 1.77. The molecule has 12 heavy (non-hydrogen) atoms. The molecule has 3 atom stereocenters. The van der Waals surface area contributed by atoms with Gasteiger partial charge in [-0.1, -0.05) is 12.2 Å². The van der Waals surface area contributed by atoms with Crippen molar-refractivity contribution in [1.82, 2.24) is 0 Å². The minimum absolute atomic E-state index is 0.185. The molecule has 0 heterocycles. The Hall–Kier alpha value is -0.350. The van der Waals surface area contributed by atoms with Crippen LogP contribution in [-0.4, -0.2) is 13.7 Å². The highest BCUT2D eigenvalue weighted by Gasteiger charge is 2.38. The highest BCUT2D eigenvalue weighted by atomic mass is 32.2. The van der Waals surface area contributed by atoms with Crippen LogP contribution in [0.4, 0.5) is 0 Å². The molecule has 0 aromatic rings. The molecule has 3 aliphatic rings. The van der Waals surface area contributed by atoms with E-state index in [1.807, 2.05) is 6.08 Å². The van der Waals surface area contributed by atoms with Gasteiger partial charge in [0.1, 0.15) is 0 Å². The molecule has 3 aliphatic carbocycles. The predicted molar refractivity (Wildman–Crippen MR) is 46.9 cm³/mol. The third kappa shape index (κ3) is 1.29. The van der Waals surface area contributed by atoms with Crippen LogP contribution in [0.2, 0.25) is 0 Å². The number of rotatable bonds is 1. The Labute approximate surface area is 72.7 Å². The number of hydrogen-bond donors (Lipinski definition) is 1. The van der Waals surface area contributed by atoms with E-state index in [4.69, 9.17) is 5.14 Å². The van der Waals surface area contributed by atoms with Gasteiger partial charge >= 0.3 is 0 Å². The highest BCUT2D eigenvalue weighted by molar-refractivity contribution is 7.89. The van der Waals surface area contributed by atoms with Gasteiger partial charge in [-0.25, -0.2) is 13.6 Å². The number of fused-ring (bicyclic) bond motifs is 2. The van der Waals surface area contributed by atoms with Crippen molar-refractivity contribution in [2.75, 3.05) is 0 Å². The zero-order chi connectivity index (χ0) is 8.77. The number of allylic oxidation sites excluding steroid dienone is 2. The molecule has 68 valence electrons. The van der Waals surface area contributed by atoms with E-state index in [0.29, 0.717) is 5.92 Å². The van der Waals surface area contributed by atoms with Gasteiger partial charge in [0.2, 0.25) is 10.0 Å². The van der Waals surface area contributed by atoms with Crippen LogP contribution in [-0.2, 0) is 10.0 Å². The van der Waals surface area contributed by atoms with Crippen LogP contribution in [0.25, 0.3) is 0 Å². The summed E-state index contributed by atoms with van der Waals surface area (Å²) in [4.78, 5) is 0. The summed E-state index contributed by atoms with van der Waals surface area (Å²) < 4.78 is 22.2. The number of nitrogens with two attached hydrogens (primary N) is 1. The number of primary sulfonamides is 1. The van der Waals surface area contributed by atoms with E-state index in [-0.39, 0.29) is 11.2 Å². The van der Waals surface area contributed by atoms with E-state index in [0.717, 1.165) is 19.3 Å². The molecule has 3 nitrogen and oxygen atoms in total. The molecule has 4 heteroatoms. The minimum atomic E-state index is -3.31. The van der Waals surface area contributed by atoms with E-state index >= 15 is 0 Å². The second-order valence-corrected chi connectivity index (χ2v) is 5.53. The molecular formula is C8H13NO2S. The van der Waals surface area contributed by atoms with Gasteiger partial charge in [-0.2, -0.15) is 0 Å². The van der Waals surface area contributed by atoms with Crippen LogP contribution in [0.3, 0.4) is 0 Å². The normalized spacial score (nSPS) is 40.2. The average Bonchev–Trinajstić information content (AvgIpc) is 2.05. The van der Waals surface area contributed by atoms with Crippen LogP contribution < -0.4 is 5.14 Å². The molecule has 2 bridgehead atoms. The summed E-state index contributed by atoms with van der Waals surface area (Å²) in [6.45, 7) is 0. The van der Waals surface area contributed by atoms with Gasteiger partial charge in [-0.3, -0.25) is 0 Å². The van der Waals surface area contributed by atoms with Crippen LogP contribution in [0.1, 0.15) is 19.3 Å². The fourth-order valence-electron chi connectivity index (χ4n) is 2.26. The molecule has 0 saturated heterocycles. The van der Waals surface area contributed by atoms with Crippen molar-refractivity contribution in [2.45, 2.75) is 24.5 Å². The molecule has 0 spiro atoms. The van der Waals surface area contributed by atoms with Gasteiger partial charge in [0.25, 0.3) is 0 Å². The lowest BCUT2D eigenvalue weighted by molar-refractivity contribution is 0.328. The lowest BCUT2D eigenvalue weighted by Crippen LogP contribution is -2.41. The van der Waals surface area contributed by atoms with Crippen molar-refractivity contribution >= 4 is 10.0 Å². The second-order valence-electron chi connectivity index (χ2n) is 3.75. The van der Waals surface area contributed by atoms with Gasteiger partial charge in [0.15, 0.2) is 0 Å². The molecule has 3 unspecified atom stereocenters. The topological polar surface area (TPSA) is 60.2 Å². The Morgan fingerprint density at radius 3 is 2.25 bits per heavy atom. The molecule has 1 fully saturated rings. The SMILES string of the molecule is NS(=O)(=O)C1CC2C=CC1CC2. The molecule has 0 amide bonds. The van der Waals surface area contributed by atoms with Crippen LogP contribution >= 0.6 is 0 Å². The number of hydrogen-bond acceptors (Lipinski definition) is 2. The zero-order valence-electron chi connectivity index (χ0n) is 6.81. The predicted octanol–water partition coefficient (Wildman–Crippen LogP) is 0.630. The van der Waals surface area contributed by atoms with Crippen molar-refractivity contribution in [2.24, 2.45) is 17.0 Å². The summed E-state index contributed by atoms with van der Waals surface area (Å²) >= 11 is 0. The summed E-state index contributed by atoms with van der Waals surface area (Å²) in [6, 6.07) is 0. The van der Waals surface area contributed by atoms with Gasteiger partial charge < -0.3 is 0 Å². The summed E-state index contributed by atoms with van der Waals surface area (Å²) in [5.74, 6) is 0.642. The molecule has 0 radical (unpaired) electrons. The van der Waals surface area contributed by atoms with Crippen molar-refractivity contribution in [3.8, 4) is 0 Å². The van der Waals surface area contributed by atoms with Gasteiger partial charge in [-0.15, -0.1) is 0 Å². The first kappa shape index (κ1) is 8.26. The smallest absolute Gasteiger partial charge is 0.212 e. The van der Waals surface area contributed by atoms with Crippen molar-refractivity contribution in [1.29, 1.82) is 0 Å². The third-order valence-corrected chi connectivity index (χ3v) is 4.32. The minimum Gasteiger partial charge on any atom is -0.228 e. The molecule has 2 N–H and O–H groups in total. The first-order chi connectivity index (χ1) is 5.57. The lowest BCUT2D eigenvalue weighted by atomic mass is 9.76. The van der Waals surface area contributed by atoms with E-state index < -0.39 is 10.0 Å². The average molecular weight is 187 g/mol. The number of sulfonamides is 1. The standard InChI is InChI=1S/C8H13NO2S/c9-12(10,11)8-5-6-1-3-7(8)4-2-6/h1,3,6-8H,2,4-5H2,(H2,9,10,11). The maximum absolute atomic E-state index is 11.1. The molecule has 0 aliphatic heterocycles. The quantitative estimate of drug-likeness (QED) is 0.612. The monoisotopic (exact) mass is 187 g/mol. The van der Waals surface area contributed by atoms with Crippen molar-refractivity contribution < 1.29 is 8.42 Å². The van der Waals surface area contributed by atoms with E-state index in [9.17, 15) is 8.42 Å². The van der Waals surface area contributed by atoms with Crippen LogP contribution in [0.5, 0.6) is 0 Å². The highest BCUT2D eigenvalue weighted by Crippen LogP contribution is 2.38. The summed E-state index contributed by atoms with van der Waals surface area (Å²) in [7, 11) is -3.31. The summed E-state index contributed by atoms with van der Waals surface area (Å²) in [5.41, 5.74) is 0. The molecule has 1 saturated carbocycles. The fraction of sp³-hybridized carbons (Fsp3) is 0.750. The van der Waals surface area contributed by atoms with E-state index in [1.54, 1.807) is 0 Å². The maximum atomic E-state index is 11.1. The Balaban J connectivity index is 2.28.